The van der Waals surface area contributed by atoms with Crippen molar-refractivity contribution in [2.75, 3.05) is 11.9 Å². The molecule has 0 atom stereocenters. The van der Waals surface area contributed by atoms with Crippen molar-refractivity contribution in [2.45, 2.75) is 13.8 Å². The standard InChI is InChI=1S/C18H16FN3O2S/c1-11-3-8-15(9-12(11)2)24-10-16(23)20-18-21-17(22-25-18)13-4-6-14(19)7-5-13/h3-9H,10H2,1-2H3,(H,20,21,22,23). The van der Waals surface area contributed by atoms with Gasteiger partial charge in [-0.1, -0.05) is 6.07 Å². The van der Waals surface area contributed by atoms with E-state index in [0.717, 1.165) is 17.1 Å². The zero-order chi connectivity index (χ0) is 17.8. The summed E-state index contributed by atoms with van der Waals surface area (Å²) in [5.74, 6) is 0.439. The number of amides is 1. The van der Waals surface area contributed by atoms with Crippen LogP contribution in [0.2, 0.25) is 0 Å². The summed E-state index contributed by atoms with van der Waals surface area (Å²) in [4.78, 5) is 16.2. The van der Waals surface area contributed by atoms with Crippen molar-refractivity contribution in [3.63, 3.8) is 0 Å². The third-order valence-electron chi connectivity index (χ3n) is 3.62. The van der Waals surface area contributed by atoms with Gasteiger partial charge in [0.25, 0.3) is 5.91 Å². The van der Waals surface area contributed by atoms with Gasteiger partial charge in [0, 0.05) is 17.1 Å². The molecular formula is C18H16FN3O2S. The van der Waals surface area contributed by atoms with Gasteiger partial charge >= 0.3 is 0 Å². The molecule has 0 saturated carbocycles. The van der Waals surface area contributed by atoms with Crippen molar-refractivity contribution in [3.8, 4) is 17.1 Å². The fraction of sp³-hybridized carbons (Fsp3) is 0.167. The van der Waals surface area contributed by atoms with E-state index in [4.69, 9.17) is 4.74 Å². The van der Waals surface area contributed by atoms with Gasteiger partial charge in [0.15, 0.2) is 12.4 Å². The molecule has 0 fully saturated rings. The Morgan fingerprint density at radius 3 is 2.64 bits per heavy atom. The molecule has 0 bridgehead atoms. The van der Waals surface area contributed by atoms with E-state index in [2.05, 4.69) is 14.7 Å². The molecule has 1 amide bonds. The second-order valence-corrected chi connectivity index (χ2v) is 6.26. The predicted octanol–water partition coefficient (Wildman–Crippen LogP) is 3.98. The summed E-state index contributed by atoms with van der Waals surface area (Å²) in [5.41, 5.74) is 2.95. The molecule has 0 aliphatic rings. The highest BCUT2D eigenvalue weighted by Gasteiger charge is 2.10. The number of nitrogens with zero attached hydrogens (tertiary/aromatic N) is 2. The van der Waals surface area contributed by atoms with E-state index in [1.807, 2.05) is 32.0 Å². The summed E-state index contributed by atoms with van der Waals surface area (Å²) >= 11 is 1.06. The lowest BCUT2D eigenvalue weighted by molar-refractivity contribution is -0.118. The zero-order valence-electron chi connectivity index (χ0n) is 13.7. The van der Waals surface area contributed by atoms with Crippen molar-refractivity contribution >= 4 is 22.6 Å². The van der Waals surface area contributed by atoms with Gasteiger partial charge in [-0.2, -0.15) is 9.36 Å². The van der Waals surface area contributed by atoms with E-state index in [-0.39, 0.29) is 18.3 Å². The first-order chi connectivity index (χ1) is 12.0. The van der Waals surface area contributed by atoms with Crippen molar-refractivity contribution in [1.82, 2.24) is 9.36 Å². The van der Waals surface area contributed by atoms with Gasteiger partial charge in [0.1, 0.15) is 11.6 Å². The summed E-state index contributed by atoms with van der Waals surface area (Å²) in [6.45, 7) is 3.88. The molecule has 1 aromatic heterocycles. The fourth-order valence-electron chi connectivity index (χ4n) is 2.10. The summed E-state index contributed by atoms with van der Waals surface area (Å²) < 4.78 is 22.6. The first kappa shape index (κ1) is 17.0. The van der Waals surface area contributed by atoms with Crippen LogP contribution in [-0.4, -0.2) is 21.9 Å². The Bertz CT molecular complexity index is 894. The molecule has 0 radical (unpaired) electrons. The number of halogens is 1. The summed E-state index contributed by atoms with van der Waals surface area (Å²) in [6, 6.07) is 11.5. The maximum atomic E-state index is 12.9. The van der Waals surface area contributed by atoms with Crippen LogP contribution in [-0.2, 0) is 4.79 Å². The second kappa shape index (κ2) is 7.40. The number of aromatic nitrogens is 2. The minimum atomic E-state index is -0.323. The number of nitrogens with one attached hydrogen (secondary N) is 1. The van der Waals surface area contributed by atoms with E-state index in [0.29, 0.717) is 22.3 Å². The number of hydrogen-bond acceptors (Lipinski definition) is 5. The lowest BCUT2D eigenvalue weighted by Gasteiger charge is -2.07. The number of ether oxygens (including phenoxy) is 1. The van der Waals surface area contributed by atoms with Gasteiger partial charge in [-0.15, -0.1) is 0 Å². The highest BCUT2D eigenvalue weighted by molar-refractivity contribution is 7.10. The quantitative estimate of drug-likeness (QED) is 0.750. The molecule has 25 heavy (non-hydrogen) atoms. The van der Waals surface area contributed by atoms with Crippen molar-refractivity contribution in [2.24, 2.45) is 0 Å². The smallest absolute Gasteiger partial charge is 0.264 e. The SMILES string of the molecule is Cc1ccc(OCC(=O)Nc2nc(-c3ccc(F)cc3)ns2)cc1C. The van der Waals surface area contributed by atoms with E-state index < -0.39 is 0 Å². The summed E-state index contributed by atoms with van der Waals surface area (Å²) in [6.07, 6.45) is 0. The van der Waals surface area contributed by atoms with Crippen molar-refractivity contribution < 1.29 is 13.9 Å². The van der Waals surface area contributed by atoms with Gasteiger partial charge in [-0.05, 0) is 61.4 Å². The minimum absolute atomic E-state index is 0.117. The highest BCUT2D eigenvalue weighted by atomic mass is 32.1. The highest BCUT2D eigenvalue weighted by Crippen LogP contribution is 2.21. The van der Waals surface area contributed by atoms with E-state index >= 15 is 0 Å². The van der Waals surface area contributed by atoms with Gasteiger partial charge < -0.3 is 4.74 Å². The molecule has 5 nitrogen and oxygen atoms in total. The van der Waals surface area contributed by atoms with Crippen LogP contribution in [0.15, 0.2) is 42.5 Å². The van der Waals surface area contributed by atoms with Gasteiger partial charge in [0.05, 0.1) is 0 Å². The van der Waals surface area contributed by atoms with E-state index in [9.17, 15) is 9.18 Å². The van der Waals surface area contributed by atoms with Crippen LogP contribution < -0.4 is 10.1 Å². The molecule has 128 valence electrons. The first-order valence-electron chi connectivity index (χ1n) is 7.61. The topological polar surface area (TPSA) is 64.1 Å². The minimum Gasteiger partial charge on any atom is -0.484 e. The molecular weight excluding hydrogens is 341 g/mol. The van der Waals surface area contributed by atoms with Crippen LogP contribution in [0.5, 0.6) is 5.75 Å². The number of carbonyl (C=O) groups excluding carboxylic acids is 1. The van der Waals surface area contributed by atoms with Crippen LogP contribution >= 0.6 is 11.5 Å². The Hall–Kier alpha value is -2.80. The van der Waals surface area contributed by atoms with Gasteiger partial charge in [-0.3, -0.25) is 10.1 Å². The molecule has 0 aliphatic carbocycles. The lowest BCUT2D eigenvalue weighted by atomic mass is 10.1. The van der Waals surface area contributed by atoms with Crippen molar-refractivity contribution in [3.05, 3.63) is 59.4 Å². The Labute approximate surface area is 148 Å². The van der Waals surface area contributed by atoms with Crippen LogP contribution in [0, 0.1) is 19.7 Å². The third kappa shape index (κ3) is 4.39. The Kier molecular flexibility index (Phi) is 5.04. The maximum Gasteiger partial charge on any atom is 0.264 e. The molecule has 7 heteroatoms. The molecule has 0 saturated heterocycles. The van der Waals surface area contributed by atoms with Crippen LogP contribution in [0.25, 0.3) is 11.4 Å². The largest absolute Gasteiger partial charge is 0.484 e. The number of aryl methyl sites for hydroxylation is 2. The number of anilines is 1. The first-order valence-corrected chi connectivity index (χ1v) is 8.38. The van der Waals surface area contributed by atoms with E-state index in [1.165, 1.54) is 17.7 Å². The Morgan fingerprint density at radius 2 is 1.92 bits per heavy atom. The lowest BCUT2D eigenvalue weighted by Crippen LogP contribution is -2.20. The molecule has 2 aromatic carbocycles. The number of rotatable bonds is 5. The molecule has 0 spiro atoms. The zero-order valence-corrected chi connectivity index (χ0v) is 14.6. The predicted molar refractivity (Wildman–Crippen MR) is 95.3 cm³/mol. The number of benzene rings is 2. The molecule has 0 aliphatic heterocycles. The van der Waals surface area contributed by atoms with Crippen LogP contribution in [0.4, 0.5) is 9.52 Å². The van der Waals surface area contributed by atoms with Gasteiger partial charge in [-0.25, -0.2) is 4.39 Å². The second-order valence-electron chi connectivity index (χ2n) is 5.51. The number of hydrogen-bond donors (Lipinski definition) is 1. The molecule has 3 rings (SSSR count). The summed E-state index contributed by atoms with van der Waals surface area (Å²) in [5, 5.41) is 3.02. The molecule has 3 aromatic rings. The normalized spacial score (nSPS) is 10.5. The monoisotopic (exact) mass is 357 g/mol. The van der Waals surface area contributed by atoms with Crippen molar-refractivity contribution in [1.29, 1.82) is 0 Å². The molecule has 1 N–H and O–H groups in total. The maximum absolute atomic E-state index is 12.9. The molecule has 0 unspecified atom stereocenters. The van der Waals surface area contributed by atoms with Crippen LogP contribution in [0.3, 0.4) is 0 Å². The molecule has 1 heterocycles. The van der Waals surface area contributed by atoms with Gasteiger partial charge in [0.2, 0.25) is 5.13 Å². The number of carbonyl (C=O) groups is 1. The average Bonchev–Trinajstić information content (AvgIpc) is 3.05. The Balaban J connectivity index is 1.58. The van der Waals surface area contributed by atoms with E-state index in [1.54, 1.807) is 12.1 Å². The van der Waals surface area contributed by atoms with Crippen LogP contribution in [0.1, 0.15) is 11.1 Å². The summed E-state index contributed by atoms with van der Waals surface area (Å²) in [7, 11) is 0. The Morgan fingerprint density at radius 1 is 1.16 bits per heavy atom. The fourth-order valence-corrected chi connectivity index (χ4v) is 2.70. The third-order valence-corrected chi connectivity index (χ3v) is 4.25. The average molecular weight is 357 g/mol.